The molecule has 2 aromatic rings. The molecule has 0 radical (unpaired) electrons. The highest BCUT2D eigenvalue weighted by atomic mass is 35.5. The lowest BCUT2D eigenvalue weighted by molar-refractivity contribution is -0.140. The summed E-state index contributed by atoms with van der Waals surface area (Å²) in [6, 6.07) is 8.88. The monoisotopic (exact) mass is 487 g/mol. The van der Waals surface area contributed by atoms with Gasteiger partial charge in [0, 0.05) is 23.3 Å². The van der Waals surface area contributed by atoms with Crippen LogP contribution >= 0.6 is 11.6 Å². The third-order valence-electron chi connectivity index (χ3n) is 6.28. The minimum absolute atomic E-state index is 0.0153. The molecule has 0 aliphatic carbocycles. The first kappa shape index (κ1) is 24.1. The largest absolute Gasteiger partial charge is 0.327 e. The molecule has 2 aromatic carbocycles. The SMILES string of the molecule is CCN1NC(C)C2C1C(=O)N(Cc1ccc(F)cc1)C(=O)N2CC(=O)Nc1cc(Cl)ccc1C. The number of nitrogens with zero attached hydrogens (tertiary/aromatic N) is 3. The number of amides is 4. The Balaban J connectivity index is 1.61. The highest BCUT2D eigenvalue weighted by molar-refractivity contribution is 6.31. The van der Waals surface area contributed by atoms with Crippen molar-refractivity contribution in [2.24, 2.45) is 0 Å². The molecule has 10 heteroatoms. The van der Waals surface area contributed by atoms with Crippen molar-refractivity contribution < 1.29 is 18.8 Å². The molecule has 8 nitrogen and oxygen atoms in total. The van der Waals surface area contributed by atoms with Crippen molar-refractivity contribution in [3.63, 3.8) is 0 Å². The van der Waals surface area contributed by atoms with Crippen LogP contribution in [0.25, 0.3) is 0 Å². The molecule has 2 aliphatic heterocycles. The van der Waals surface area contributed by atoms with Crippen LogP contribution in [0.5, 0.6) is 0 Å². The molecule has 4 amide bonds. The van der Waals surface area contributed by atoms with Crippen molar-refractivity contribution in [3.05, 3.63) is 64.4 Å². The highest BCUT2D eigenvalue weighted by Crippen LogP contribution is 2.30. The van der Waals surface area contributed by atoms with Crippen molar-refractivity contribution >= 4 is 35.1 Å². The van der Waals surface area contributed by atoms with E-state index in [0.717, 1.165) is 10.5 Å². The minimum atomic E-state index is -0.640. The third-order valence-corrected chi connectivity index (χ3v) is 6.51. The number of halogens is 2. The van der Waals surface area contributed by atoms with Crippen molar-refractivity contribution in [3.8, 4) is 0 Å². The molecule has 0 bridgehead atoms. The number of rotatable bonds is 6. The molecule has 3 atom stereocenters. The Labute approximate surface area is 202 Å². The summed E-state index contributed by atoms with van der Waals surface area (Å²) in [6.07, 6.45) is 0. The third kappa shape index (κ3) is 4.64. The van der Waals surface area contributed by atoms with E-state index in [4.69, 9.17) is 11.6 Å². The van der Waals surface area contributed by atoms with Gasteiger partial charge >= 0.3 is 6.03 Å². The Bertz CT molecular complexity index is 1110. The zero-order chi connectivity index (χ0) is 24.6. The van der Waals surface area contributed by atoms with Crippen molar-refractivity contribution in [2.45, 2.75) is 45.4 Å². The number of benzene rings is 2. The van der Waals surface area contributed by atoms with Gasteiger partial charge in [-0.1, -0.05) is 36.7 Å². The quantitative estimate of drug-likeness (QED) is 0.654. The fourth-order valence-electron chi connectivity index (χ4n) is 4.58. The summed E-state index contributed by atoms with van der Waals surface area (Å²) in [5.41, 5.74) is 5.26. The molecule has 2 N–H and O–H groups in total. The van der Waals surface area contributed by atoms with Crippen LogP contribution in [0.2, 0.25) is 5.02 Å². The van der Waals surface area contributed by atoms with Gasteiger partial charge in [0.15, 0.2) is 0 Å². The number of urea groups is 1. The number of aryl methyl sites for hydroxylation is 1. The van der Waals surface area contributed by atoms with Gasteiger partial charge in [-0.05, 0) is 49.2 Å². The molecule has 3 unspecified atom stereocenters. The second kappa shape index (κ2) is 9.69. The number of carbonyl (C=O) groups excluding carboxylic acids is 3. The number of hydrazine groups is 1. The number of hydrogen-bond acceptors (Lipinski definition) is 5. The number of anilines is 1. The molecule has 0 saturated carbocycles. The maximum atomic E-state index is 13.5. The summed E-state index contributed by atoms with van der Waals surface area (Å²) in [5, 5.41) is 5.11. The standard InChI is InChI=1S/C24H27ClFN5O3/c1-4-31-22-21(15(3)28-31)29(13-20(32)27-19-11-17(25)8-5-14(19)2)24(34)30(23(22)33)12-16-6-9-18(26)10-7-16/h5-11,15,21-22,28H,4,12-13H2,1-3H3,(H,27,32). The average molecular weight is 488 g/mol. The summed E-state index contributed by atoms with van der Waals surface area (Å²) in [4.78, 5) is 42.5. The molecule has 4 rings (SSSR count). The Morgan fingerprint density at radius 3 is 2.56 bits per heavy atom. The summed E-state index contributed by atoms with van der Waals surface area (Å²) < 4.78 is 13.3. The van der Waals surface area contributed by atoms with Crippen LogP contribution in [-0.2, 0) is 16.1 Å². The van der Waals surface area contributed by atoms with Gasteiger partial charge < -0.3 is 10.2 Å². The average Bonchev–Trinajstić information content (AvgIpc) is 3.14. The Kier molecular flexibility index (Phi) is 6.88. The first-order chi connectivity index (χ1) is 16.2. The number of nitrogens with one attached hydrogen (secondary N) is 2. The van der Waals surface area contributed by atoms with Gasteiger partial charge in [0.1, 0.15) is 18.4 Å². The fourth-order valence-corrected chi connectivity index (χ4v) is 4.76. The molecule has 0 aromatic heterocycles. The van der Waals surface area contributed by atoms with Gasteiger partial charge in [0.25, 0.3) is 5.91 Å². The van der Waals surface area contributed by atoms with E-state index in [9.17, 15) is 18.8 Å². The molecular weight excluding hydrogens is 461 g/mol. The predicted molar refractivity (Wildman–Crippen MR) is 126 cm³/mol. The van der Waals surface area contributed by atoms with E-state index in [1.165, 1.54) is 29.2 Å². The Morgan fingerprint density at radius 2 is 1.88 bits per heavy atom. The molecule has 2 aliphatic rings. The zero-order valence-corrected chi connectivity index (χ0v) is 20.0. The first-order valence-corrected chi connectivity index (χ1v) is 11.5. The van der Waals surface area contributed by atoms with Crippen molar-refractivity contribution in [1.82, 2.24) is 20.2 Å². The lowest BCUT2D eigenvalue weighted by Gasteiger charge is -2.43. The summed E-state index contributed by atoms with van der Waals surface area (Å²) in [7, 11) is 0. The van der Waals surface area contributed by atoms with E-state index < -0.39 is 29.8 Å². The second-order valence-corrected chi connectivity index (χ2v) is 9.04. The van der Waals surface area contributed by atoms with Crippen LogP contribution in [0, 0.1) is 12.7 Å². The van der Waals surface area contributed by atoms with Crippen molar-refractivity contribution in [1.29, 1.82) is 0 Å². The number of likely N-dealkylation sites (N-methyl/N-ethyl adjacent to an activating group) is 1. The zero-order valence-electron chi connectivity index (χ0n) is 19.2. The molecule has 34 heavy (non-hydrogen) atoms. The lowest BCUT2D eigenvalue weighted by Crippen LogP contribution is -2.67. The van der Waals surface area contributed by atoms with Crippen molar-refractivity contribution in [2.75, 3.05) is 18.4 Å². The van der Waals surface area contributed by atoms with E-state index in [0.29, 0.717) is 22.8 Å². The Hall–Kier alpha value is -3.01. The van der Waals surface area contributed by atoms with Crippen LogP contribution in [0.3, 0.4) is 0 Å². The van der Waals surface area contributed by atoms with E-state index in [2.05, 4.69) is 10.7 Å². The Morgan fingerprint density at radius 1 is 1.18 bits per heavy atom. The van der Waals surface area contributed by atoms with Crippen LogP contribution in [0.15, 0.2) is 42.5 Å². The van der Waals surface area contributed by atoms with Gasteiger partial charge in [0.05, 0.1) is 12.6 Å². The first-order valence-electron chi connectivity index (χ1n) is 11.1. The van der Waals surface area contributed by atoms with E-state index in [-0.39, 0.29) is 25.0 Å². The molecule has 180 valence electrons. The highest BCUT2D eigenvalue weighted by Gasteiger charge is 2.54. The smallest absolute Gasteiger partial charge is 0.324 e. The fraction of sp³-hybridized carbons (Fsp3) is 0.375. The molecular formula is C24H27ClFN5O3. The number of hydrogen-bond donors (Lipinski definition) is 2. The van der Waals surface area contributed by atoms with E-state index >= 15 is 0 Å². The maximum absolute atomic E-state index is 13.5. The van der Waals surface area contributed by atoms with Gasteiger partial charge in [-0.2, -0.15) is 0 Å². The number of imide groups is 1. The molecule has 2 fully saturated rings. The minimum Gasteiger partial charge on any atom is -0.324 e. The second-order valence-electron chi connectivity index (χ2n) is 8.61. The van der Waals surface area contributed by atoms with Gasteiger partial charge in [-0.15, -0.1) is 0 Å². The van der Waals surface area contributed by atoms with E-state index in [1.807, 2.05) is 20.8 Å². The van der Waals surface area contributed by atoms with Crippen LogP contribution < -0.4 is 10.7 Å². The van der Waals surface area contributed by atoms with Gasteiger partial charge in [-0.3, -0.25) is 14.5 Å². The molecule has 2 saturated heterocycles. The predicted octanol–water partition coefficient (Wildman–Crippen LogP) is 3.16. The summed E-state index contributed by atoms with van der Waals surface area (Å²) in [6.45, 7) is 5.93. The van der Waals surface area contributed by atoms with Gasteiger partial charge in [-0.25, -0.2) is 19.6 Å². The number of fused-ring (bicyclic) bond motifs is 1. The van der Waals surface area contributed by atoms with Gasteiger partial charge in [0.2, 0.25) is 5.91 Å². The van der Waals surface area contributed by atoms with Crippen LogP contribution in [-0.4, -0.2) is 63.9 Å². The lowest BCUT2D eigenvalue weighted by atomic mass is 9.97. The normalized spacial score (nSPS) is 22.8. The van der Waals surface area contributed by atoms with Crippen LogP contribution in [0.1, 0.15) is 25.0 Å². The van der Waals surface area contributed by atoms with Crippen LogP contribution in [0.4, 0.5) is 14.9 Å². The number of carbonyl (C=O) groups is 3. The summed E-state index contributed by atoms with van der Waals surface area (Å²) >= 11 is 6.06. The summed E-state index contributed by atoms with van der Waals surface area (Å²) in [5.74, 6) is -1.14. The maximum Gasteiger partial charge on any atom is 0.327 e. The molecule has 0 spiro atoms. The topological polar surface area (TPSA) is 85.0 Å². The van der Waals surface area contributed by atoms with E-state index in [1.54, 1.807) is 23.2 Å². The molecule has 2 heterocycles.